The molecule has 24 heavy (non-hydrogen) atoms. The Kier molecular flexibility index (Phi) is 5.03. The van der Waals surface area contributed by atoms with Gasteiger partial charge in [0.1, 0.15) is 10.5 Å². The lowest BCUT2D eigenvalue weighted by Gasteiger charge is -2.12. The maximum Gasteiger partial charge on any atom is 0.341 e. The number of carbonyl (C=O) groups excluding carboxylic acids is 1. The van der Waals surface area contributed by atoms with Crippen LogP contribution in [-0.2, 0) is 21.8 Å². The number of sulfonamides is 1. The molecule has 0 aliphatic rings. The van der Waals surface area contributed by atoms with Gasteiger partial charge in [-0.3, -0.25) is 4.72 Å². The third-order valence-corrected chi connectivity index (χ3v) is 5.59. The van der Waals surface area contributed by atoms with Gasteiger partial charge < -0.3 is 9.30 Å². The summed E-state index contributed by atoms with van der Waals surface area (Å²) in [6.07, 6.45) is 0. The molecule has 0 saturated carbocycles. The van der Waals surface area contributed by atoms with Gasteiger partial charge in [-0.05, 0) is 39.3 Å². The van der Waals surface area contributed by atoms with Gasteiger partial charge in [0, 0.05) is 18.4 Å². The molecule has 0 amide bonds. The van der Waals surface area contributed by atoms with Crippen molar-refractivity contribution in [2.24, 2.45) is 7.05 Å². The molecule has 0 unspecified atom stereocenters. The largest absolute Gasteiger partial charge is 0.462 e. The molecule has 0 spiro atoms. The molecule has 1 N–H and O–H groups in total. The molecule has 0 aliphatic heterocycles. The molecule has 2 rings (SSSR count). The van der Waals surface area contributed by atoms with Gasteiger partial charge in [-0.1, -0.05) is 18.2 Å². The Hall–Kier alpha value is -2.28. The molecule has 0 saturated heterocycles. The second kappa shape index (κ2) is 6.68. The molecule has 1 aromatic carbocycles. The Labute approximate surface area is 142 Å². The van der Waals surface area contributed by atoms with Crippen LogP contribution in [0.5, 0.6) is 0 Å². The van der Waals surface area contributed by atoms with Gasteiger partial charge in [0.05, 0.1) is 12.3 Å². The van der Waals surface area contributed by atoms with E-state index >= 15 is 0 Å². The van der Waals surface area contributed by atoms with Crippen LogP contribution in [-0.4, -0.2) is 25.6 Å². The maximum absolute atomic E-state index is 12.9. The van der Waals surface area contributed by atoms with Crippen LogP contribution in [0.3, 0.4) is 0 Å². The Morgan fingerprint density at radius 1 is 1.17 bits per heavy atom. The fraction of sp³-hybridized carbons (Fsp3) is 0.353. The van der Waals surface area contributed by atoms with Crippen molar-refractivity contribution in [3.8, 4) is 0 Å². The third-order valence-electron chi connectivity index (χ3n) is 4.06. The summed E-state index contributed by atoms with van der Waals surface area (Å²) in [6, 6.07) is 7.07. The van der Waals surface area contributed by atoms with Gasteiger partial charge in [0.15, 0.2) is 0 Å². The van der Waals surface area contributed by atoms with Gasteiger partial charge in [0.25, 0.3) is 10.0 Å². The minimum absolute atomic E-state index is 0.0378. The molecule has 7 heteroatoms. The fourth-order valence-corrected chi connectivity index (χ4v) is 4.22. The van der Waals surface area contributed by atoms with Crippen LogP contribution in [0.2, 0.25) is 0 Å². The van der Waals surface area contributed by atoms with Crippen LogP contribution < -0.4 is 4.72 Å². The average molecular weight is 350 g/mol. The Morgan fingerprint density at radius 3 is 2.38 bits per heavy atom. The van der Waals surface area contributed by atoms with E-state index in [-0.39, 0.29) is 17.1 Å². The average Bonchev–Trinajstić information content (AvgIpc) is 2.74. The Morgan fingerprint density at radius 2 is 1.79 bits per heavy atom. The van der Waals surface area contributed by atoms with E-state index in [4.69, 9.17) is 4.74 Å². The van der Waals surface area contributed by atoms with Crippen LogP contribution in [0, 0.1) is 20.8 Å². The lowest BCUT2D eigenvalue weighted by atomic mass is 10.2. The number of anilines is 1. The highest BCUT2D eigenvalue weighted by Crippen LogP contribution is 2.29. The van der Waals surface area contributed by atoms with Crippen molar-refractivity contribution in [2.75, 3.05) is 11.3 Å². The quantitative estimate of drug-likeness (QED) is 0.841. The number of aryl methyl sites for hydroxylation is 1. The zero-order valence-corrected chi connectivity index (χ0v) is 15.3. The number of carbonyl (C=O) groups is 1. The number of hydrogen-bond donors (Lipinski definition) is 1. The number of esters is 1. The number of hydrogen-bond acceptors (Lipinski definition) is 4. The minimum Gasteiger partial charge on any atom is -0.462 e. The van der Waals surface area contributed by atoms with E-state index in [1.54, 1.807) is 44.5 Å². The highest BCUT2D eigenvalue weighted by molar-refractivity contribution is 7.92. The van der Waals surface area contributed by atoms with Crippen LogP contribution >= 0.6 is 0 Å². The van der Waals surface area contributed by atoms with E-state index in [2.05, 4.69) is 4.72 Å². The van der Waals surface area contributed by atoms with E-state index in [0.29, 0.717) is 17.1 Å². The molecule has 0 radical (unpaired) electrons. The Bertz CT molecular complexity index is 882. The summed E-state index contributed by atoms with van der Waals surface area (Å²) in [5.74, 6) is -0.635. The summed E-state index contributed by atoms with van der Waals surface area (Å²) in [5, 5.41) is 0. The van der Waals surface area contributed by atoms with E-state index in [0.717, 1.165) is 5.56 Å². The standard InChI is InChI=1S/C17H22N2O4S/c1-6-23-17(20)15-12(3)19(5)13(4)16(15)24(21,22)18-14-10-8-7-9-11(14)2/h7-10,18H,6H2,1-5H3. The molecule has 1 aromatic heterocycles. The number of para-hydroxylation sites is 1. The van der Waals surface area contributed by atoms with E-state index in [9.17, 15) is 13.2 Å². The summed E-state index contributed by atoms with van der Waals surface area (Å²) in [4.78, 5) is 12.3. The lowest BCUT2D eigenvalue weighted by Crippen LogP contribution is -2.18. The van der Waals surface area contributed by atoms with E-state index in [1.807, 2.05) is 19.1 Å². The normalized spacial score (nSPS) is 11.4. The summed E-state index contributed by atoms with van der Waals surface area (Å²) < 4.78 is 35.2. The number of rotatable bonds is 5. The van der Waals surface area contributed by atoms with Crippen molar-refractivity contribution in [1.29, 1.82) is 0 Å². The molecular formula is C17H22N2O4S. The molecule has 0 atom stereocenters. The van der Waals surface area contributed by atoms with Crippen molar-refractivity contribution < 1.29 is 17.9 Å². The van der Waals surface area contributed by atoms with Crippen molar-refractivity contribution in [1.82, 2.24) is 4.57 Å². The summed E-state index contributed by atoms with van der Waals surface area (Å²) in [7, 11) is -2.21. The van der Waals surface area contributed by atoms with E-state index < -0.39 is 16.0 Å². The topological polar surface area (TPSA) is 77.4 Å². The lowest BCUT2D eigenvalue weighted by molar-refractivity contribution is 0.0521. The smallest absolute Gasteiger partial charge is 0.341 e. The van der Waals surface area contributed by atoms with Crippen LogP contribution in [0.4, 0.5) is 5.69 Å². The van der Waals surface area contributed by atoms with Crippen LogP contribution in [0.15, 0.2) is 29.2 Å². The second-order valence-electron chi connectivity index (χ2n) is 5.57. The molecule has 1 heterocycles. The molecule has 0 bridgehead atoms. The van der Waals surface area contributed by atoms with Crippen molar-refractivity contribution in [3.05, 3.63) is 46.8 Å². The fourth-order valence-electron chi connectivity index (χ4n) is 2.57. The molecule has 2 aromatic rings. The maximum atomic E-state index is 12.9. The predicted molar refractivity (Wildman–Crippen MR) is 92.8 cm³/mol. The molecular weight excluding hydrogens is 328 g/mol. The molecule has 130 valence electrons. The van der Waals surface area contributed by atoms with Gasteiger partial charge in [0.2, 0.25) is 0 Å². The number of benzene rings is 1. The van der Waals surface area contributed by atoms with Gasteiger partial charge in [-0.25, -0.2) is 13.2 Å². The zero-order chi connectivity index (χ0) is 18.1. The SMILES string of the molecule is CCOC(=O)c1c(S(=O)(=O)Nc2ccccc2C)c(C)n(C)c1C. The van der Waals surface area contributed by atoms with Gasteiger partial charge in [-0.15, -0.1) is 0 Å². The molecule has 6 nitrogen and oxygen atoms in total. The van der Waals surface area contributed by atoms with Gasteiger partial charge >= 0.3 is 5.97 Å². The third kappa shape index (κ3) is 3.17. The minimum atomic E-state index is -3.93. The number of ether oxygens (including phenoxy) is 1. The highest BCUT2D eigenvalue weighted by Gasteiger charge is 2.31. The monoisotopic (exact) mass is 350 g/mol. The number of nitrogens with one attached hydrogen (secondary N) is 1. The predicted octanol–water partition coefficient (Wildman–Crippen LogP) is 2.93. The number of nitrogens with zero attached hydrogens (tertiary/aromatic N) is 1. The van der Waals surface area contributed by atoms with E-state index in [1.165, 1.54) is 0 Å². The summed E-state index contributed by atoms with van der Waals surface area (Å²) in [5.41, 5.74) is 2.39. The van der Waals surface area contributed by atoms with Crippen LogP contribution in [0.25, 0.3) is 0 Å². The molecule has 0 fully saturated rings. The summed E-state index contributed by atoms with van der Waals surface area (Å²) >= 11 is 0. The van der Waals surface area contributed by atoms with Crippen molar-refractivity contribution in [3.63, 3.8) is 0 Å². The van der Waals surface area contributed by atoms with Crippen molar-refractivity contribution >= 4 is 21.7 Å². The zero-order valence-electron chi connectivity index (χ0n) is 14.5. The summed E-state index contributed by atoms with van der Waals surface area (Å²) in [6.45, 7) is 7.04. The van der Waals surface area contributed by atoms with Gasteiger partial charge in [-0.2, -0.15) is 0 Å². The first kappa shape index (κ1) is 18.1. The highest BCUT2D eigenvalue weighted by atomic mass is 32.2. The first-order chi connectivity index (χ1) is 11.2. The van der Waals surface area contributed by atoms with Crippen molar-refractivity contribution in [2.45, 2.75) is 32.6 Å². The second-order valence-corrected chi connectivity index (χ2v) is 7.19. The Balaban J connectivity index is 2.60. The first-order valence-electron chi connectivity index (χ1n) is 7.62. The number of aromatic nitrogens is 1. The molecule has 0 aliphatic carbocycles. The first-order valence-corrected chi connectivity index (χ1v) is 9.10. The van der Waals surface area contributed by atoms with Crippen LogP contribution in [0.1, 0.15) is 34.2 Å².